The van der Waals surface area contributed by atoms with Gasteiger partial charge in [0.25, 0.3) is 0 Å². The lowest BCUT2D eigenvalue weighted by Crippen LogP contribution is -2.27. The lowest BCUT2D eigenvalue weighted by molar-refractivity contribution is -0.117. The zero-order chi connectivity index (χ0) is 13.8. The molecular formula is C15H15ClN2O. The summed E-state index contributed by atoms with van der Waals surface area (Å²) in [6, 6.07) is 13.9. The number of carbonyl (C=O) groups excluding carboxylic acids is 1. The van der Waals surface area contributed by atoms with Crippen molar-refractivity contribution in [2.45, 2.75) is 13.0 Å². The molecule has 0 fully saturated rings. The van der Waals surface area contributed by atoms with Crippen LogP contribution in [0.1, 0.15) is 17.2 Å². The van der Waals surface area contributed by atoms with E-state index in [0.717, 1.165) is 16.8 Å². The van der Waals surface area contributed by atoms with Crippen LogP contribution in [0.4, 0.5) is 5.69 Å². The van der Waals surface area contributed by atoms with Gasteiger partial charge in [0, 0.05) is 10.7 Å². The number of carbonyl (C=O) groups is 1. The van der Waals surface area contributed by atoms with E-state index in [4.69, 9.17) is 17.3 Å². The summed E-state index contributed by atoms with van der Waals surface area (Å²) in [6.07, 6.45) is 0. The fourth-order valence-corrected chi connectivity index (χ4v) is 2.02. The lowest BCUT2D eigenvalue weighted by atomic mass is 10.1. The van der Waals surface area contributed by atoms with Crippen LogP contribution in [0.5, 0.6) is 0 Å². The van der Waals surface area contributed by atoms with Gasteiger partial charge in [-0.3, -0.25) is 4.79 Å². The topological polar surface area (TPSA) is 55.1 Å². The van der Waals surface area contributed by atoms with Crippen LogP contribution in [0.15, 0.2) is 48.5 Å². The number of hydrogen-bond acceptors (Lipinski definition) is 2. The van der Waals surface area contributed by atoms with Crippen molar-refractivity contribution in [2.24, 2.45) is 5.73 Å². The van der Waals surface area contributed by atoms with Crippen LogP contribution in [0.3, 0.4) is 0 Å². The third-order valence-electron chi connectivity index (χ3n) is 2.89. The number of aryl methyl sites for hydroxylation is 1. The van der Waals surface area contributed by atoms with Gasteiger partial charge >= 0.3 is 0 Å². The van der Waals surface area contributed by atoms with Crippen molar-refractivity contribution < 1.29 is 4.79 Å². The Hall–Kier alpha value is -1.84. The van der Waals surface area contributed by atoms with Gasteiger partial charge in [-0.25, -0.2) is 0 Å². The van der Waals surface area contributed by atoms with E-state index in [2.05, 4.69) is 5.32 Å². The van der Waals surface area contributed by atoms with Crippen molar-refractivity contribution in [3.8, 4) is 0 Å². The zero-order valence-electron chi connectivity index (χ0n) is 10.6. The van der Waals surface area contributed by atoms with Crippen LogP contribution in [-0.4, -0.2) is 5.91 Å². The molecule has 2 aromatic rings. The SMILES string of the molecule is Cc1cc(Cl)ccc1NC(=O)C(N)c1ccccc1. The van der Waals surface area contributed by atoms with Crippen molar-refractivity contribution in [3.05, 3.63) is 64.7 Å². The van der Waals surface area contributed by atoms with Gasteiger partial charge in [-0.2, -0.15) is 0 Å². The van der Waals surface area contributed by atoms with Gasteiger partial charge in [0.2, 0.25) is 5.91 Å². The van der Waals surface area contributed by atoms with E-state index in [0.29, 0.717) is 5.02 Å². The number of nitrogens with two attached hydrogens (primary N) is 1. The van der Waals surface area contributed by atoms with Gasteiger partial charge in [-0.15, -0.1) is 0 Å². The Morgan fingerprint density at radius 2 is 1.89 bits per heavy atom. The Kier molecular flexibility index (Phi) is 4.20. The van der Waals surface area contributed by atoms with Gasteiger partial charge in [-0.1, -0.05) is 41.9 Å². The number of hydrogen-bond donors (Lipinski definition) is 2. The maximum Gasteiger partial charge on any atom is 0.245 e. The van der Waals surface area contributed by atoms with Gasteiger partial charge in [0.1, 0.15) is 6.04 Å². The van der Waals surface area contributed by atoms with E-state index in [9.17, 15) is 4.79 Å². The van der Waals surface area contributed by atoms with Gasteiger partial charge < -0.3 is 11.1 Å². The van der Waals surface area contributed by atoms with Gasteiger partial charge in [-0.05, 0) is 36.2 Å². The molecule has 98 valence electrons. The number of anilines is 1. The molecule has 1 amide bonds. The first-order valence-corrected chi connectivity index (χ1v) is 6.33. The van der Waals surface area contributed by atoms with Crippen LogP contribution in [0.25, 0.3) is 0 Å². The summed E-state index contributed by atoms with van der Waals surface area (Å²) in [5, 5.41) is 3.45. The predicted octanol–water partition coefficient (Wildman–Crippen LogP) is 3.29. The molecule has 0 saturated carbocycles. The Labute approximate surface area is 117 Å². The minimum atomic E-state index is -0.684. The molecule has 0 bridgehead atoms. The summed E-state index contributed by atoms with van der Waals surface area (Å²) in [4.78, 5) is 12.1. The van der Waals surface area contributed by atoms with Crippen molar-refractivity contribution in [3.63, 3.8) is 0 Å². The minimum Gasteiger partial charge on any atom is -0.324 e. The van der Waals surface area contributed by atoms with Crippen molar-refractivity contribution in [2.75, 3.05) is 5.32 Å². The quantitative estimate of drug-likeness (QED) is 0.902. The van der Waals surface area contributed by atoms with Crippen LogP contribution >= 0.6 is 11.6 Å². The molecule has 0 radical (unpaired) electrons. The smallest absolute Gasteiger partial charge is 0.245 e. The maximum atomic E-state index is 12.1. The summed E-state index contributed by atoms with van der Waals surface area (Å²) >= 11 is 5.87. The second-order valence-corrected chi connectivity index (χ2v) is 4.77. The van der Waals surface area contributed by atoms with Crippen LogP contribution in [-0.2, 0) is 4.79 Å². The van der Waals surface area contributed by atoms with E-state index in [1.807, 2.05) is 37.3 Å². The zero-order valence-corrected chi connectivity index (χ0v) is 11.3. The molecule has 1 atom stereocenters. The first kappa shape index (κ1) is 13.6. The summed E-state index contributed by atoms with van der Waals surface area (Å²) in [7, 11) is 0. The molecular weight excluding hydrogens is 260 g/mol. The van der Waals surface area contributed by atoms with E-state index in [-0.39, 0.29) is 5.91 Å². The third kappa shape index (κ3) is 3.34. The molecule has 3 nitrogen and oxygen atoms in total. The number of amides is 1. The van der Waals surface area contributed by atoms with Crippen LogP contribution in [0, 0.1) is 6.92 Å². The molecule has 0 saturated heterocycles. The number of rotatable bonds is 3. The fourth-order valence-electron chi connectivity index (χ4n) is 1.79. The second-order valence-electron chi connectivity index (χ2n) is 4.34. The molecule has 4 heteroatoms. The fraction of sp³-hybridized carbons (Fsp3) is 0.133. The standard InChI is InChI=1S/C15H15ClN2O/c1-10-9-12(16)7-8-13(10)18-15(19)14(17)11-5-3-2-4-6-11/h2-9,14H,17H2,1H3,(H,18,19). The first-order chi connectivity index (χ1) is 9.08. The molecule has 19 heavy (non-hydrogen) atoms. The molecule has 0 aliphatic rings. The maximum absolute atomic E-state index is 12.1. The van der Waals surface area contributed by atoms with E-state index in [1.165, 1.54) is 0 Å². The van der Waals surface area contributed by atoms with E-state index in [1.54, 1.807) is 18.2 Å². The van der Waals surface area contributed by atoms with Gasteiger partial charge in [0.15, 0.2) is 0 Å². The average molecular weight is 275 g/mol. The van der Waals surface area contributed by atoms with Crippen LogP contribution in [0.2, 0.25) is 5.02 Å². The van der Waals surface area contributed by atoms with Gasteiger partial charge in [0.05, 0.1) is 0 Å². The van der Waals surface area contributed by atoms with Crippen molar-refractivity contribution in [1.29, 1.82) is 0 Å². The highest BCUT2D eigenvalue weighted by molar-refractivity contribution is 6.30. The minimum absolute atomic E-state index is 0.239. The largest absolute Gasteiger partial charge is 0.324 e. The molecule has 0 aliphatic carbocycles. The highest BCUT2D eigenvalue weighted by Crippen LogP contribution is 2.21. The molecule has 1 unspecified atom stereocenters. The molecule has 0 heterocycles. The van der Waals surface area contributed by atoms with E-state index >= 15 is 0 Å². The first-order valence-electron chi connectivity index (χ1n) is 5.95. The number of benzene rings is 2. The lowest BCUT2D eigenvalue weighted by Gasteiger charge is -2.14. The molecule has 2 rings (SSSR count). The predicted molar refractivity (Wildman–Crippen MR) is 78.2 cm³/mol. The molecule has 0 aliphatic heterocycles. The number of nitrogens with one attached hydrogen (secondary N) is 1. The normalized spacial score (nSPS) is 11.9. The molecule has 2 aromatic carbocycles. The summed E-state index contributed by atoms with van der Waals surface area (Å²) in [5.41, 5.74) is 8.34. The summed E-state index contributed by atoms with van der Waals surface area (Å²) in [5.74, 6) is -0.239. The second kappa shape index (κ2) is 5.87. The summed E-state index contributed by atoms with van der Waals surface area (Å²) in [6.45, 7) is 1.88. The Bertz CT molecular complexity index is 584. The molecule has 0 aromatic heterocycles. The Balaban J connectivity index is 2.13. The monoisotopic (exact) mass is 274 g/mol. The Morgan fingerprint density at radius 3 is 2.53 bits per heavy atom. The van der Waals surface area contributed by atoms with Crippen molar-refractivity contribution in [1.82, 2.24) is 0 Å². The molecule has 3 N–H and O–H groups in total. The highest BCUT2D eigenvalue weighted by Gasteiger charge is 2.16. The molecule has 0 spiro atoms. The Morgan fingerprint density at radius 1 is 1.21 bits per heavy atom. The van der Waals surface area contributed by atoms with Crippen LogP contribution < -0.4 is 11.1 Å². The van der Waals surface area contributed by atoms with E-state index < -0.39 is 6.04 Å². The highest BCUT2D eigenvalue weighted by atomic mass is 35.5. The van der Waals surface area contributed by atoms with Crippen molar-refractivity contribution >= 4 is 23.2 Å². The average Bonchev–Trinajstić information content (AvgIpc) is 2.42. The third-order valence-corrected chi connectivity index (χ3v) is 3.12. The summed E-state index contributed by atoms with van der Waals surface area (Å²) < 4.78 is 0. The number of halogens is 1.